The van der Waals surface area contributed by atoms with E-state index >= 15 is 0 Å². The summed E-state index contributed by atoms with van der Waals surface area (Å²) in [6, 6.07) is 10.2. The normalized spacial score (nSPS) is 18.2. The van der Waals surface area contributed by atoms with Crippen LogP contribution in [0.25, 0.3) is 11.0 Å². The highest BCUT2D eigenvalue weighted by Crippen LogP contribution is 2.51. The smallest absolute Gasteiger partial charge is 0.349 e. The lowest BCUT2D eigenvalue weighted by atomic mass is 9.69. The maximum atomic E-state index is 13.4. The molecule has 0 bridgehead atoms. The lowest BCUT2D eigenvalue weighted by Gasteiger charge is -2.48. The number of fused-ring (bicyclic) bond motifs is 2. The first kappa shape index (κ1) is 27.5. The fourth-order valence-electron chi connectivity index (χ4n) is 6.01. The molecule has 5 heteroatoms. The van der Waals surface area contributed by atoms with E-state index in [4.69, 9.17) is 14.6 Å². The van der Waals surface area contributed by atoms with E-state index in [9.17, 15) is 4.79 Å². The Morgan fingerprint density at radius 2 is 1.44 bits per heavy atom. The summed E-state index contributed by atoms with van der Waals surface area (Å²) in [6.45, 7) is 24.1. The molecule has 0 spiro atoms. The highest BCUT2D eigenvalue weighted by Gasteiger charge is 2.42. The fraction of sp³-hybridized carbons (Fsp3) is 0.529. The molecule has 0 fully saturated rings. The van der Waals surface area contributed by atoms with Crippen molar-refractivity contribution in [3.8, 4) is 5.75 Å². The Morgan fingerprint density at radius 3 is 2.00 bits per heavy atom. The van der Waals surface area contributed by atoms with Crippen molar-refractivity contribution in [1.29, 1.82) is 5.41 Å². The van der Waals surface area contributed by atoms with Crippen LogP contribution < -0.4 is 15.3 Å². The highest BCUT2D eigenvalue weighted by molar-refractivity contribution is 5.98. The molecule has 2 aliphatic heterocycles. The van der Waals surface area contributed by atoms with Gasteiger partial charge in [0.2, 0.25) is 5.90 Å². The summed E-state index contributed by atoms with van der Waals surface area (Å²) in [6.07, 6.45) is 2.08. The molecular formula is C34H44N2O3. The van der Waals surface area contributed by atoms with Crippen molar-refractivity contribution in [2.75, 3.05) is 18.0 Å². The summed E-state index contributed by atoms with van der Waals surface area (Å²) in [5, 5.41) is 9.69. The average Bonchev–Trinajstić information content (AvgIpc) is 2.80. The van der Waals surface area contributed by atoms with Crippen LogP contribution in [0.3, 0.4) is 0 Å². The largest absolute Gasteiger partial charge is 0.439 e. The molecule has 3 aromatic rings. The van der Waals surface area contributed by atoms with Gasteiger partial charge < -0.3 is 14.1 Å². The van der Waals surface area contributed by atoms with Crippen LogP contribution in [0.4, 0.5) is 5.69 Å². The molecule has 0 amide bonds. The van der Waals surface area contributed by atoms with Crippen LogP contribution in [0.5, 0.6) is 5.75 Å². The monoisotopic (exact) mass is 528 g/mol. The molecule has 2 aliphatic rings. The zero-order chi connectivity index (χ0) is 28.7. The molecule has 39 heavy (non-hydrogen) atoms. The maximum absolute atomic E-state index is 13.4. The molecule has 3 heterocycles. The van der Waals surface area contributed by atoms with Crippen molar-refractivity contribution in [1.82, 2.24) is 0 Å². The number of benzene rings is 2. The van der Waals surface area contributed by atoms with E-state index in [1.165, 1.54) is 11.3 Å². The van der Waals surface area contributed by atoms with Gasteiger partial charge in [0, 0.05) is 29.7 Å². The first-order valence-corrected chi connectivity index (χ1v) is 14.2. The first-order valence-electron chi connectivity index (χ1n) is 14.2. The van der Waals surface area contributed by atoms with E-state index in [1.54, 1.807) is 6.07 Å². The van der Waals surface area contributed by atoms with Gasteiger partial charge in [0.1, 0.15) is 16.9 Å². The molecule has 1 aromatic heterocycles. The van der Waals surface area contributed by atoms with Crippen LogP contribution in [0.1, 0.15) is 110 Å². The number of nitrogens with zero attached hydrogens (tertiary/aromatic N) is 1. The fourth-order valence-corrected chi connectivity index (χ4v) is 6.01. The summed E-state index contributed by atoms with van der Waals surface area (Å²) >= 11 is 0. The van der Waals surface area contributed by atoms with Crippen molar-refractivity contribution in [2.24, 2.45) is 0 Å². The summed E-state index contributed by atoms with van der Waals surface area (Å²) < 4.78 is 12.2. The molecule has 208 valence electrons. The van der Waals surface area contributed by atoms with Gasteiger partial charge in [0.25, 0.3) is 0 Å². The van der Waals surface area contributed by atoms with Gasteiger partial charge in [0.15, 0.2) is 0 Å². The second kappa shape index (κ2) is 8.71. The van der Waals surface area contributed by atoms with Gasteiger partial charge in [-0.05, 0) is 75.5 Å². The minimum Gasteiger partial charge on any atom is -0.439 e. The van der Waals surface area contributed by atoms with E-state index in [-0.39, 0.29) is 33.1 Å². The second-order valence-electron chi connectivity index (χ2n) is 14.9. The van der Waals surface area contributed by atoms with E-state index in [0.717, 1.165) is 48.0 Å². The molecule has 0 radical (unpaired) electrons. The van der Waals surface area contributed by atoms with Gasteiger partial charge in [-0.1, -0.05) is 75.3 Å². The van der Waals surface area contributed by atoms with Gasteiger partial charge in [-0.25, -0.2) is 4.79 Å². The van der Waals surface area contributed by atoms with Crippen LogP contribution in [0.2, 0.25) is 0 Å². The van der Waals surface area contributed by atoms with Crippen molar-refractivity contribution in [3.05, 3.63) is 68.6 Å². The Kier molecular flexibility index (Phi) is 6.14. The molecule has 0 saturated heterocycles. The zero-order valence-electron chi connectivity index (χ0n) is 25.4. The summed E-state index contributed by atoms with van der Waals surface area (Å²) in [7, 11) is 0. The molecule has 0 atom stereocenters. The Bertz CT molecular complexity index is 1510. The molecule has 0 unspecified atom stereocenters. The minimum absolute atomic E-state index is 0.0131. The number of anilines is 1. The van der Waals surface area contributed by atoms with Gasteiger partial charge in [-0.3, -0.25) is 5.41 Å². The van der Waals surface area contributed by atoms with Gasteiger partial charge >= 0.3 is 5.63 Å². The van der Waals surface area contributed by atoms with Crippen molar-refractivity contribution in [2.45, 2.75) is 104 Å². The first-order chi connectivity index (χ1) is 17.9. The minimum atomic E-state index is -0.533. The lowest BCUT2D eigenvalue weighted by Crippen LogP contribution is -2.44. The van der Waals surface area contributed by atoms with E-state index in [1.807, 2.05) is 12.1 Å². The quantitative estimate of drug-likeness (QED) is 0.208. The second-order valence-corrected chi connectivity index (χ2v) is 14.9. The Balaban J connectivity index is 1.64. The van der Waals surface area contributed by atoms with E-state index < -0.39 is 5.63 Å². The van der Waals surface area contributed by atoms with E-state index in [2.05, 4.69) is 86.3 Å². The zero-order valence-corrected chi connectivity index (χ0v) is 25.4. The number of nitrogens with one attached hydrogen (secondary N) is 1. The highest BCUT2D eigenvalue weighted by atomic mass is 16.5. The van der Waals surface area contributed by atoms with Crippen molar-refractivity contribution < 1.29 is 9.15 Å². The summed E-state index contributed by atoms with van der Waals surface area (Å²) in [5.74, 6) is 0.373. The van der Waals surface area contributed by atoms with Crippen LogP contribution in [0.15, 0.2) is 39.5 Å². The Labute approximate surface area is 233 Å². The van der Waals surface area contributed by atoms with Crippen LogP contribution in [-0.4, -0.2) is 19.0 Å². The van der Waals surface area contributed by atoms with Crippen molar-refractivity contribution in [3.63, 3.8) is 0 Å². The molecule has 5 nitrogen and oxygen atoms in total. The number of hydrogen-bond acceptors (Lipinski definition) is 5. The van der Waals surface area contributed by atoms with Gasteiger partial charge in [-0.15, -0.1) is 0 Å². The van der Waals surface area contributed by atoms with Crippen LogP contribution >= 0.6 is 0 Å². The molecule has 2 aromatic carbocycles. The molecule has 1 N–H and O–H groups in total. The van der Waals surface area contributed by atoms with Crippen molar-refractivity contribution >= 4 is 22.6 Å². The molecule has 0 aliphatic carbocycles. The number of hydrogen-bond donors (Lipinski definition) is 1. The van der Waals surface area contributed by atoms with Gasteiger partial charge in [-0.2, -0.15) is 0 Å². The molecule has 0 saturated carbocycles. The third-order valence-electron chi connectivity index (χ3n) is 8.83. The Hall–Kier alpha value is -3.08. The third kappa shape index (κ3) is 4.79. The molecule has 5 rings (SSSR count). The Morgan fingerprint density at radius 1 is 0.872 bits per heavy atom. The number of rotatable bonds is 2. The SMILES string of the molecule is CC(C)(C)c1cc(OC(=N)c2cc3cc4c5c(c3oc2=O)C(C)(C)CCN5CCC4(C)C)cc(C(C)(C)C)c1. The van der Waals surface area contributed by atoms with Gasteiger partial charge in [0.05, 0.1) is 0 Å². The number of ether oxygens (including phenoxy) is 1. The van der Waals surface area contributed by atoms with E-state index in [0.29, 0.717) is 11.3 Å². The predicted molar refractivity (Wildman–Crippen MR) is 161 cm³/mol. The average molecular weight is 529 g/mol. The third-order valence-corrected chi connectivity index (χ3v) is 8.83. The lowest BCUT2D eigenvalue weighted by molar-refractivity contribution is 0.398. The molecular weight excluding hydrogens is 484 g/mol. The topological polar surface area (TPSA) is 66.5 Å². The maximum Gasteiger partial charge on any atom is 0.349 e. The summed E-state index contributed by atoms with van der Waals surface area (Å²) in [5.41, 5.74) is 5.90. The van der Waals surface area contributed by atoms with Crippen LogP contribution in [-0.2, 0) is 21.7 Å². The standard InChI is InChI=1S/C34H44N2O3/c1-31(2,3)21-17-22(32(4,5)6)19-23(18-21)38-29(35)24-15-20-16-25-27-26(28(20)39-30(24)37)34(9,10)12-14-36(27)13-11-33(25,7)8/h15-19,35H,11-14H2,1-10H3. The summed E-state index contributed by atoms with van der Waals surface area (Å²) in [4.78, 5) is 15.9. The predicted octanol–water partition coefficient (Wildman–Crippen LogP) is 7.96. The van der Waals surface area contributed by atoms with Crippen LogP contribution in [0, 0.1) is 5.41 Å².